The Morgan fingerprint density at radius 1 is 1.32 bits per heavy atom. The first kappa shape index (κ1) is 18.9. The zero-order valence-corrected chi connectivity index (χ0v) is 15.2. The number of nitrogens with zero attached hydrogens (tertiary/aromatic N) is 4. The van der Waals surface area contributed by atoms with E-state index in [2.05, 4.69) is 20.8 Å². The summed E-state index contributed by atoms with van der Waals surface area (Å²) in [6, 6.07) is 8.74. The third kappa shape index (κ3) is 5.02. The Kier molecular flexibility index (Phi) is 6.93. The van der Waals surface area contributed by atoms with E-state index in [0.29, 0.717) is 5.16 Å². The quantitative estimate of drug-likeness (QED) is 0.560. The predicted octanol–water partition coefficient (Wildman–Crippen LogP) is 1.46. The number of tetrazole rings is 1. The van der Waals surface area contributed by atoms with Gasteiger partial charge >= 0.3 is 5.97 Å². The van der Waals surface area contributed by atoms with E-state index in [1.54, 1.807) is 4.68 Å². The first-order valence-electron chi connectivity index (χ1n) is 7.90. The fraction of sp³-hybridized carbons (Fsp3) is 0.438. The highest BCUT2D eigenvalue weighted by atomic mass is 32.2. The molecule has 9 heteroatoms. The van der Waals surface area contributed by atoms with Crippen LogP contribution in [0.15, 0.2) is 35.5 Å². The highest BCUT2D eigenvalue weighted by Crippen LogP contribution is 2.18. The van der Waals surface area contributed by atoms with Crippen LogP contribution in [-0.2, 0) is 14.3 Å². The number of nitrogens with one attached hydrogen (secondary N) is 1. The van der Waals surface area contributed by atoms with Gasteiger partial charge in [0.2, 0.25) is 11.1 Å². The second-order valence-electron chi connectivity index (χ2n) is 5.45. The summed E-state index contributed by atoms with van der Waals surface area (Å²) in [6.07, 6.45) is 0.749. The standard InChI is InChI=1S/C16H21N5O3S/c1-4-11(2)14(15(23)24-3)17-13(22)10-25-16-18-19-20-21(16)12-8-6-5-7-9-12/h5-9,11,14H,4,10H2,1-3H3,(H,17,22). The molecule has 0 aliphatic rings. The number of carbonyl (C=O) groups excluding carboxylic acids is 2. The van der Waals surface area contributed by atoms with Crippen LogP contribution in [0.1, 0.15) is 20.3 Å². The van der Waals surface area contributed by atoms with Gasteiger partial charge in [-0.25, -0.2) is 4.79 Å². The van der Waals surface area contributed by atoms with Gasteiger partial charge in [-0.2, -0.15) is 4.68 Å². The molecule has 2 rings (SSSR count). The number of methoxy groups -OCH3 is 1. The van der Waals surface area contributed by atoms with Crippen LogP contribution < -0.4 is 5.32 Å². The van der Waals surface area contributed by atoms with Crippen LogP contribution in [0, 0.1) is 5.92 Å². The fourth-order valence-corrected chi connectivity index (χ4v) is 2.84. The van der Waals surface area contributed by atoms with Crippen molar-refractivity contribution in [1.82, 2.24) is 25.5 Å². The third-order valence-electron chi connectivity index (χ3n) is 3.76. The van der Waals surface area contributed by atoms with Crippen LogP contribution in [0.25, 0.3) is 5.69 Å². The van der Waals surface area contributed by atoms with Gasteiger partial charge in [-0.05, 0) is 28.5 Å². The summed E-state index contributed by atoms with van der Waals surface area (Å²) in [4.78, 5) is 24.1. The van der Waals surface area contributed by atoms with Crippen molar-refractivity contribution >= 4 is 23.6 Å². The van der Waals surface area contributed by atoms with Gasteiger partial charge in [0.1, 0.15) is 6.04 Å². The Labute approximate surface area is 150 Å². The Balaban J connectivity index is 1.99. The number of amides is 1. The first-order valence-corrected chi connectivity index (χ1v) is 8.89. The number of benzene rings is 1. The van der Waals surface area contributed by atoms with Crippen molar-refractivity contribution in [2.24, 2.45) is 5.92 Å². The number of esters is 1. The van der Waals surface area contributed by atoms with Gasteiger partial charge < -0.3 is 10.1 Å². The second-order valence-corrected chi connectivity index (χ2v) is 6.39. The molecule has 0 radical (unpaired) electrons. The number of rotatable bonds is 8. The lowest BCUT2D eigenvalue weighted by Crippen LogP contribution is -2.46. The molecule has 1 aromatic carbocycles. The number of para-hydroxylation sites is 1. The van der Waals surface area contributed by atoms with Gasteiger partial charge in [0.15, 0.2) is 0 Å². The topological polar surface area (TPSA) is 99.0 Å². The van der Waals surface area contributed by atoms with Gasteiger partial charge in [-0.1, -0.05) is 50.2 Å². The summed E-state index contributed by atoms with van der Waals surface area (Å²) in [5.41, 5.74) is 0.808. The van der Waals surface area contributed by atoms with Crippen molar-refractivity contribution in [2.75, 3.05) is 12.9 Å². The number of thioether (sulfide) groups is 1. The van der Waals surface area contributed by atoms with Crippen LogP contribution in [0.5, 0.6) is 0 Å². The average molecular weight is 363 g/mol. The van der Waals surface area contributed by atoms with E-state index in [1.165, 1.54) is 18.9 Å². The van der Waals surface area contributed by atoms with Crippen molar-refractivity contribution in [3.63, 3.8) is 0 Å². The van der Waals surface area contributed by atoms with Gasteiger partial charge in [0.25, 0.3) is 0 Å². The van der Waals surface area contributed by atoms with E-state index in [-0.39, 0.29) is 17.6 Å². The monoisotopic (exact) mass is 363 g/mol. The molecule has 0 saturated heterocycles. The Hall–Kier alpha value is -2.42. The minimum Gasteiger partial charge on any atom is -0.467 e. The molecule has 0 spiro atoms. The van der Waals surface area contributed by atoms with E-state index in [4.69, 9.17) is 4.74 Å². The van der Waals surface area contributed by atoms with E-state index in [1.807, 2.05) is 44.2 Å². The normalized spacial score (nSPS) is 13.1. The van der Waals surface area contributed by atoms with Gasteiger partial charge in [0, 0.05) is 0 Å². The van der Waals surface area contributed by atoms with Crippen molar-refractivity contribution in [2.45, 2.75) is 31.5 Å². The molecule has 0 aliphatic carbocycles. The van der Waals surface area contributed by atoms with Crippen molar-refractivity contribution in [1.29, 1.82) is 0 Å². The molecular formula is C16H21N5O3S. The first-order chi connectivity index (χ1) is 12.1. The van der Waals surface area contributed by atoms with Crippen LogP contribution in [0.4, 0.5) is 0 Å². The summed E-state index contributed by atoms with van der Waals surface area (Å²) in [7, 11) is 1.31. The van der Waals surface area contributed by atoms with Gasteiger partial charge in [-0.15, -0.1) is 5.10 Å². The van der Waals surface area contributed by atoms with Crippen LogP contribution >= 0.6 is 11.8 Å². The number of hydrogen-bond acceptors (Lipinski definition) is 7. The maximum Gasteiger partial charge on any atom is 0.328 e. The van der Waals surface area contributed by atoms with E-state index in [9.17, 15) is 9.59 Å². The van der Waals surface area contributed by atoms with Crippen LogP contribution in [0.2, 0.25) is 0 Å². The molecule has 2 aromatic rings. The molecular weight excluding hydrogens is 342 g/mol. The average Bonchev–Trinajstić information content (AvgIpc) is 3.12. The minimum absolute atomic E-state index is 0.0176. The summed E-state index contributed by atoms with van der Waals surface area (Å²) in [6.45, 7) is 3.85. The SMILES string of the molecule is CCC(C)C(NC(=O)CSc1nnnn1-c1ccccc1)C(=O)OC. The molecule has 0 fully saturated rings. The highest BCUT2D eigenvalue weighted by molar-refractivity contribution is 7.99. The molecule has 1 aromatic heterocycles. The predicted molar refractivity (Wildman–Crippen MR) is 93.3 cm³/mol. The lowest BCUT2D eigenvalue weighted by Gasteiger charge is -2.21. The Morgan fingerprint density at radius 3 is 2.68 bits per heavy atom. The van der Waals surface area contributed by atoms with Crippen molar-refractivity contribution in [3.8, 4) is 5.69 Å². The van der Waals surface area contributed by atoms with E-state index < -0.39 is 12.0 Å². The number of hydrogen-bond donors (Lipinski definition) is 1. The lowest BCUT2D eigenvalue weighted by atomic mass is 9.99. The van der Waals surface area contributed by atoms with Gasteiger partial charge in [0.05, 0.1) is 18.6 Å². The van der Waals surface area contributed by atoms with Crippen LogP contribution in [-0.4, -0.2) is 51.0 Å². The van der Waals surface area contributed by atoms with Crippen molar-refractivity contribution in [3.05, 3.63) is 30.3 Å². The molecule has 2 unspecified atom stereocenters. The van der Waals surface area contributed by atoms with E-state index in [0.717, 1.165) is 12.1 Å². The minimum atomic E-state index is -0.659. The zero-order chi connectivity index (χ0) is 18.2. The number of aromatic nitrogens is 4. The van der Waals surface area contributed by atoms with Gasteiger partial charge in [-0.3, -0.25) is 4.79 Å². The molecule has 0 bridgehead atoms. The lowest BCUT2D eigenvalue weighted by molar-refractivity contribution is -0.146. The number of carbonyl (C=O) groups is 2. The fourth-order valence-electron chi connectivity index (χ4n) is 2.14. The molecule has 1 N–H and O–H groups in total. The molecule has 1 amide bonds. The Bertz CT molecular complexity index is 707. The zero-order valence-electron chi connectivity index (χ0n) is 14.4. The van der Waals surface area contributed by atoms with Crippen LogP contribution in [0.3, 0.4) is 0 Å². The Morgan fingerprint density at radius 2 is 2.04 bits per heavy atom. The van der Waals surface area contributed by atoms with E-state index >= 15 is 0 Å². The molecule has 25 heavy (non-hydrogen) atoms. The molecule has 0 saturated carbocycles. The largest absolute Gasteiger partial charge is 0.467 e. The smallest absolute Gasteiger partial charge is 0.328 e. The molecule has 8 nitrogen and oxygen atoms in total. The number of ether oxygens (including phenoxy) is 1. The molecule has 2 atom stereocenters. The molecule has 134 valence electrons. The summed E-state index contributed by atoms with van der Waals surface area (Å²) in [5, 5.41) is 14.8. The third-order valence-corrected chi connectivity index (χ3v) is 4.68. The maximum atomic E-state index is 12.2. The summed E-state index contributed by atoms with van der Waals surface area (Å²) >= 11 is 1.20. The van der Waals surface area contributed by atoms with Crippen molar-refractivity contribution < 1.29 is 14.3 Å². The highest BCUT2D eigenvalue weighted by Gasteiger charge is 2.26. The maximum absolute atomic E-state index is 12.2. The summed E-state index contributed by atoms with van der Waals surface area (Å²) in [5.74, 6) is -0.641. The summed E-state index contributed by atoms with van der Waals surface area (Å²) < 4.78 is 6.33. The second kappa shape index (κ2) is 9.16. The molecule has 1 heterocycles. The molecule has 0 aliphatic heterocycles.